The van der Waals surface area contributed by atoms with Gasteiger partial charge in [0.25, 0.3) is 0 Å². The van der Waals surface area contributed by atoms with Crippen LogP contribution >= 0.6 is 0 Å². The second-order valence-corrected chi connectivity index (χ2v) is 7.81. The van der Waals surface area contributed by atoms with Gasteiger partial charge in [0.15, 0.2) is 0 Å². The number of carbonyl (C=O) groups is 3. The number of rotatable bonds is 5. The quantitative estimate of drug-likeness (QED) is 0.545. The molecule has 10 heteroatoms. The lowest BCUT2D eigenvalue weighted by molar-refractivity contribution is -0.144. The van der Waals surface area contributed by atoms with E-state index in [9.17, 15) is 18.8 Å². The molecule has 4 amide bonds. The van der Waals surface area contributed by atoms with E-state index >= 15 is 0 Å². The van der Waals surface area contributed by atoms with Gasteiger partial charge >= 0.3 is 17.8 Å². The molecular weight excluding hydrogens is 393 g/mol. The van der Waals surface area contributed by atoms with Gasteiger partial charge in [0, 0.05) is 18.2 Å². The Morgan fingerprint density at radius 1 is 1.23 bits per heavy atom. The maximum Gasteiger partial charge on any atom is 0.335 e. The van der Waals surface area contributed by atoms with E-state index < -0.39 is 17.8 Å². The van der Waals surface area contributed by atoms with Crippen molar-refractivity contribution in [3.63, 3.8) is 0 Å². The van der Waals surface area contributed by atoms with Crippen molar-refractivity contribution in [2.45, 2.75) is 38.6 Å². The van der Waals surface area contributed by atoms with E-state index in [4.69, 9.17) is 4.52 Å². The molecule has 1 atom stereocenters. The van der Waals surface area contributed by atoms with E-state index in [1.807, 2.05) is 4.90 Å². The molecule has 0 bridgehead atoms. The van der Waals surface area contributed by atoms with Crippen LogP contribution in [0.25, 0.3) is 11.4 Å². The lowest BCUT2D eigenvalue weighted by Crippen LogP contribution is -2.46. The fourth-order valence-corrected chi connectivity index (χ4v) is 3.83. The summed E-state index contributed by atoms with van der Waals surface area (Å²) in [6.45, 7) is 4.59. The van der Waals surface area contributed by atoms with Gasteiger partial charge in [-0.25, -0.2) is 14.1 Å². The normalized spacial score (nSPS) is 20.7. The summed E-state index contributed by atoms with van der Waals surface area (Å²) in [7, 11) is 0. The fraction of sp³-hybridized carbons (Fsp3) is 0.450. The highest BCUT2D eigenvalue weighted by Crippen LogP contribution is 2.28. The highest BCUT2D eigenvalue weighted by Gasteiger charge is 2.46. The van der Waals surface area contributed by atoms with Crippen LogP contribution in [-0.2, 0) is 9.59 Å². The van der Waals surface area contributed by atoms with Crippen molar-refractivity contribution in [3.05, 3.63) is 36.0 Å². The number of piperidine rings is 1. The summed E-state index contributed by atoms with van der Waals surface area (Å²) >= 11 is 0. The number of benzene rings is 1. The number of imide groups is 2. The lowest BCUT2D eigenvalue weighted by atomic mass is 9.98. The van der Waals surface area contributed by atoms with E-state index in [2.05, 4.69) is 10.1 Å². The first-order valence-corrected chi connectivity index (χ1v) is 9.86. The van der Waals surface area contributed by atoms with Gasteiger partial charge < -0.3 is 4.52 Å². The van der Waals surface area contributed by atoms with Crippen molar-refractivity contribution < 1.29 is 23.3 Å². The molecule has 1 aromatic heterocycles. The van der Waals surface area contributed by atoms with Gasteiger partial charge in [-0.05, 0) is 45.4 Å². The van der Waals surface area contributed by atoms with Crippen LogP contribution in [0.15, 0.2) is 28.8 Å². The Morgan fingerprint density at radius 2 is 2.03 bits per heavy atom. The first-order valence-electron chi connectivity index (χ1n) is 9.86. The summed E-state index contributed by atoms with van der Waals surface area (Å²) < 4.78 is 18.9. The molecule has 2 aromatic rings. The van der Waals surface area contributed by atoms with E-state index in [0.717, 1.165) is 22.6 Å². The monoisotopic (exact) mass is 415 g/mol. The number of hydrogen-bond donors (Lipinski definition) is 0. The molecule has 30 heavy (non-hydrogen) atoms. The Kier molecular flexibility index (Phi) is 5.33. The zero-order valence-electron chi connectivity index (χ0n) is 16.7. The van der Waals surface area contributed by atoms with Crippen molar-refractivity contribution in [2.24, 2.45) is 0 Å². The summed E-state index contributed by atoms with van der Waals surface area (Å²) in [4.78, 5) is 45.1. The van der Waals surface area contributed by atoms with Crippen molar-refractivity contribution in [1.29, 1.82) is 0 Å². The second kappa shape index (κ2) is 7.94. The number of halogens is 1. The number of carbonyl (C=O) groups excluding carboxylic acids is 3. The van der Waals surface area contributed by atoms with E-state index in [1.165, 1.54) is 12.1 Å². The van der Waals surface area contributed by atoms with Crippen LogP contribution < -0.4 is 0 Å². The minimum absolute atomic E-state index is 0.0357. The van der Waals surface area contributed by atoms with Crippen LogP contribution in [0.3, 0.4) is 0 Å². The molecule has 1 aromatic carbocycles. The predicted octanol–water partition coefficient (Wildman–Crippen LogP) is 2.21. The Balaban J connectivity index is 1.45. The number of nitrogens with zero attached hydrogens (tertiary/aromatic N) is 5. The van der Waals surface area contributed by atoms with Crippen LogP contribution in [0, 0.1) is 5.82 Å². The average molecular weight is 415 g/mol. The van der Waals surface area contributed by atoms with Crippen molar-refractivity contribution in [3.8, 4) is 11.4 Å². The average Bonchev–Trinajstić information content (AvgIpc) is 3.28. The molecule has 9 nitrogen and oxygen atoms in total. The second-order valence-electron chi connectivity index (χ2n) is 7.81. The zero-order valence-corrected chi connectivity index (χ0v) is 16.7. The molecule has 2 fully saturated rings. The van der Waals surface area contributed by atoms with Crippen LogP contribution in [0.2, 0.25) is 0 Å². The third-order valence-corrected chi connectivity index (χ3v) is 5.32. The topological polar surface area (TPSA) is 99.9 Å². The van der Waals surface area contributed by atoms with Crippen LogP contribution in [-0.4, -0.2) is 68.5 Å². The third kappa shape index (κ3) is 3.70. The molecule has 0 aliphatic carbocycles. The van der Waals surface area contributed by atoms with Crippen molar-refractivity contribution in [2.75, 3.05) is 19.8 Å². The lowest BCUT2D eigenvalue weighted by Gasteiger charge is -2.32. The summed E-state index contributed by atoms with van der Waals surface area (Å²) in [5.41, 5.74) is 0.526. The number of aromatic nitrogens is 2. The van der Waals surface area contributed by atoms with Gasteiger partial charge in [0.05, 0.1) is 12.6 Å². The van der Waals surface area contributed by atoms with Gasteiger partial charge in [0.1, 0.15) is 5.82 Å². The molecule has 2 aliphatic heterocycles. The van der Waals surface area contributed by atoms with Gasteiger partial charge in [-0.3, -0.25) is 19.4 Å². The molecule has 1 unspecified atom stereocenters. The Morgan fingerprint density at radius 3 is 2.73 bits per heavy atom. The maximum absolute atomic E-state index is 13.4. The molecule has 0 radical (unpaired) electrons. The van der Waals surface area contributed by atoms with Gasteiger partial charge in [0.2, 0.25) is 11.7 Å². The Hall–Kier alpha value is -3.14. The molecule has 0 N–H and O–H groups in total. The standard InChI is InChI=1S/C20H22FN5O4/c1-12(2)26-19(28)18(27)25(20(26)29)11-24-8-4-6-14(10-24)17-22-16(23-30-17)13-5-3-7-15(21)9-13/h3,5,7,9,12,14H,4,6,8,10-11H2,1-2H3. The van der Waals surface area contributed by atoms with Crippen molar-refractivity contribution in [1.82, 2.24) is 24.8 Å². The molecule has 2 saturated heterocycles. The van der Waals surface area contributed by atoms with Gasteiger partial charge in [-0.1, -0.05) is 17.3 Å². The summed E-state index contributed by atoms with van der Waals surface area (Å²) in [6, 6.07) is 4.99. The Bertz CT molecular complexity index is 991. The highest BCUT2D eigenvalue weighted by molar-refractivity contribution is 6.44. The van der Waals surface area contributed by atoms with Crippen LogP contribution in [0.5, 0.6) is 0 Å². The minimum atomic E-state index is -0.804. The predicted molar refractivity (Wildman–Crippen MR) is 102 cm³/mol. The highest BCUT2D eigenvalue weighted by atomic mass is 19.1. The molecule has 158 valence electrons. The third-order valence-electron chi connectivity index (χ3n) is 5.32. The SMILES string of the molecule is CC(C)N1C(=O)C(=O)N(CN2CCCC(c3nc(-c4cccc(F)c4)no3)C2)C1=O. The number of urea groups is 1. The summed E-state index contributed by atoms with van der Waals surface area (Å²) in [5, 5.41) is 3.95. The smallest absolute Gasteiger partial charge is 0.335 e. The van der Waals surface area contributed by atoms with Crippen LogP contribution in [0.4, 0.5) is 9.18 Å². The maximum atomic E-state index is 13.4. The van der Waals surface area contributed by atoms with Crippen molar-refractivity contribution >= 4 is 17.8 Å². The molecule has 0 spiro atoms. The molecule has 3 heterocycles. The Labute approximate surface area is 172 Å². The van der Waals surface area contributed by atoms with Crippen LogP contribution in [0.1, 0.15) is 38.5 Å². The number of likely N-dealkylation sites (tertiary alicyclic amines) is 1. The molecule has 2 aliphatic rings. The van der Waals surface area contributed by atoms with Gasteiger partial charge in [-0.15, -0.1) is 0 Å². The molecule has 4 rings (SSSR count). The first-order chi connectivity index (χ1) is 14.3. The summed E-state index contributed by atoms with van der Waals surface area (Å²) in [6.07, 6.45) is 1.61. The van der Waals surface area contributed by atoms with E-state index in [0.29, 0.717) is 30.4 Å². The fourth-order valence-electron chi connectivity index (χ4n) is 3.83. The summed E-state index contributed by atoms with van der Waals surface area (Å²) in [5.74, 6) is -1.32. The largest absolute Gasteiger partial charge is 0.339 e. The first kappa shape index (κ1) is 20.1. The number of hydrogen-bond acceptors (Lipinski definition) is 7. The molecule has 0 saturated carbocycles. The number of amides is 4. The van der Waals surface area contributed by atoms with Gasteiger partial charge in [-0.2, -0.15) is 4.98 Å². The van der Waals surface area contributed by atoms with E-state index in [-0.39, 0.29) is 24.4 Å². The molecular formula is C20H22FN5O4. The minimum Gasteiger partial charge on any atom is -0.339 e. The van der Waals surface area contributed by atoms with E-state index in [1.54, 1.807) is 26.0 Å². The zero-order chi connectivity index (χ0) is 21.4.